The fraction of sp³-hybridized carbons (Fsp3) is 0.417. The molecule has 2 N–H and O–H groups in total. The summed E-state index contributed by atoms with van der Waals surface area (Å²) in [6.07, 6.45) is 1.10. The van der Waals surface area contributed by atoms with Crippen LogP contribution >= 0.6 is 0 Å². The van der Waals surface area contributed by atoms with E-state index in [-0.39, 0.29) is 11.7 Å². The van der Waals surface area contributed by atoms with E-state index in [1.807, 2.05) is 0 Å². The first-order chi connectivity index (χ1) is 8.16. The van der Waals surface area contributed by atoms with Crippen molar-refractivity contribution in [2.75, 3.05) is 18.9 Å². The van der Waals surface area contributed by atoms with E-state index in [0.29, 0.717) is 31.7 Å². The summed E-state index contributed by atoms with van der Waals surface area (Å²) in [6.45, 7) is 1.13. The molecule has 17 heavy (non-hydrogen) atoms. The Bertz CT molecular complexity index is 416. The minimum absolute atomic E-state index is 0.114. The number of nitrogen functional groups attached to an aromatic ring is 1. The highest BCUT2D eigenvalue weighted by Crippen LogP contribution is 2.17. The fourth-order valence-corrected chi connectivity index (χ4v) is 1.71. The van der Waals surface area contributed by atoms with E-state index in [2.05, 4.69) is 0 Å². The van der Waals surface area contributed by atoms with Gasteiger partial charge in [-0.2, -0.15) is 0 Å². The van der Waals surface area contributed by atoms with Gasteiger partial charge in [0.2, 0.25) is 0 Å². The van der Waals surface area contributed by atoms with E-state index in [1.165, 1.54) is 12.1 Å². The van der Waals surface area contributed by atoms with E-state index in [9.17, 15) is 9.18 Å². The summed E-state index contributed by atoms with van der Waals surface area (Å²) in [7, 11) is 0. The number of esters is 1. The lowest BCUT2D eigenvalue weighted by atomic mass is 10.1. The molecule has 5 heteroatoms. The number of hydrogen-bond donors (Lipinski definition) is 1. The second-order valence-electron chi connectivity index (χ2n) is 3.96. The zero-order chi connectivity index (χ0) is 12.3. The maximum atomic E-state index is 13.4. The maximum Gasteiger partial charge on any atom is 0.341 e. The van der Waals surface area contributed by atoms with Gasteiger partial charge in [-0.05, 0) is 18.2 Å². The van der Waals surface area contributed by atoms with Crippen LogP contribution in [0.25, 0.3) is 0 Å². The predicted octanol–water partition coefficient (Wildman–Crippen LogP) is 1.74. The van der Waals surface area contributed by atoms with Gasteiger partial charge in [0, 0.05) is 18.5 Å². The zero-order valence-electron chi connectivity index (χ0n) is 9.32. The van der Waals surface area contributed by atoms with Crippen LogP contribution in [0, 0.1) is 5.82 Å². The van der Waals surface area contributed by atoms with Gasteiger partial charge in [-0.1, -0.05) is 0 Å². The molecule has 4 nitrogen and oxygen atoms in total. The van der Waals surface area contributed by atoms with Gasteiger partial charge in [0.05, 0.1) is 18.8 Å². The molecule has 0 atom stereocenters. The smallest absolute Gasteiger partial charge is 0.341 e. The molecule has 0 spiro atoms. The van der Waals surface area contributed by atoms with Crippen LogP contribution in [0.2, 0.25) is 0 Å². The summed E-state index contributed by atoms with van der Waals surface area (Å²) in [5, 5.41) is 0. The maximum absolute atomic E-state index is 13.4. The Morgan fingerprint density at radius 2 is 2.12 bits per heavy atom. The molecule has 1 heterocycles. The molecule has 0 unspecified atom stereocenters. The summed E-state index contributed by atoms with van der Waals surface area (Å²) in [4.78, 5) is 11.7. The number of carbonyl (C=O) groups is 1. The van der Waals surface area contributed by atoms with Gasteiger partial charge in [0.15, 0.2) is 0 Å². The van der Waals surface area contributed by atoms with E-state index in [4.69, 9.17) is 15.2 Å². The van der Waals surface area contributed by atoms with Gasteiger partial charge in [-0.3, -0.25) is 0 Å². The zero-order valence-corrected chi connectivity index (χ0v) is 9.32. The molecule has 2 rings (SSSR count). The Labute approximate surface area is 98.5 Å². The first-order valence-corrected chi connectivity index (χ1v) is 5.50. The highest BCUT2D eigenvalue weighted by Gasteiger charge is 2.21. The normalized spacial score (nSPS) is 16.8. The van der Waals surface area contributed by atoms with Crippen LogP contribution in [0.15, 0.2) is 18.2 Å². The molecule has 0 radical (unpaired) electrons. The minimum atomic E-state index is -0.665. The number of halogens is 1. The van der Waals surface area contributed by atoms with Crippen molar-refractivity contribution in [2.24, 2.45) is 0 Å². The third-order valence-corrected chi connectivity index (χ3v) is 2.65. The Kier molecular flexibility index (Phi) is 3.58. The number of hydrogen-bond acceptors (Lipinski definition) is 4. The molecule has 0 aromatic heterocycles. The minimum Gasteiger partial charge on any atom is -0.459 e. The van der Waals surface area contributed by atoms with Crippen molar-refractivity contribution in [1.82, 2.24) is 0 Å². The molecule has 92 valence electrons. The topological polar surface area (TPSA) is 61.6 Å². The van der Waals surface area contributed by atoms with Gasteiger partial charge in [-0.15, -0.1) is 0 Å². The molecule has 1 aliphatic heterocycles. The summed E-state index contributed by atoms with van der Waals surface area (Å²) < 4.78 is 23.7. The Balaban J connectivity index is 2.05. The standard InChI is InChI=1S/C12H14FNO3/c13-11-2-1-8(14)7-10(11)12(15)17-9-3-5-16-6-4-9/h1-2,7,9H,3-6,14H2. The third-order valence-electron chi connectivity index (χ3n) is 2.65. The average molecular weight is 239 g/mol. The number of ether oxygens (including phenoxy) is 2. The average Bonchev–Trinajstić information content (AvgIpc) is 2.33. The number of benzene rings is 1. The van der Waals surface area contributed by atoms with E-state index in [1.54, 1.807) is 0 Å². The van der Waals surface area contributed by atoms with E-state index < -0.39 is 11.8 Å². The predicted molar refractivity (Wildman–Crippen MR) is 60.1 cm³/mol. The summed E-state index contributed by atoms with van der Waals surface area (Å²) in [5.74, 6) is -1.28. The first-order valence-electron chi connectivity index (χ1n) is 5.50. The van der Waals surface area contributed by atoms with Crippen molar-refractivity contribution in [3.8, 4) is 0 Å². The fourth-order valence-electron chi connectivity index (χ4n) is 1.71. The van der Waals surface area contributed by atoms with Crippen molar-refractivity contribution < 1.29 is 18.7 Å². The van der Waals surface area contributed by atoms with Crippen LogP contribution in [0.3, 0.4) is 0 Å². The lowest BCUT2D eigenvalue weighted by Crippen LogP contribution is -2.26. The lowest BCUT2D eigenvalue weighted by molar-refractivity contribution is -0.0162. The Morgan fingerprint density at radius 3 is 2.82 bits per heavy atom. The van der Waals surface area contributed by atoms with Crippen LogP contribution in [-0.4, -0.2) is 25.3 Å². The van der Waals surface area contributed by atoms with Crippen LogP contribution in [0.5, 0.6) is 0 Å². The van der Waals surface area contributed by atoms with Gasteiger partial charge >= 0.3 is 5.97 Å². The van der Waals surface area contributed by atoms with Crippen LogP contribution in [0.4, 0.5) is 10.1 Å². The lowest BCUT2D eigenvalue weighted by Gasteiger charge is -2.22. The molecule has 1 saturated heterocycles. The summed E-state index contributed by atoms with van der Waals surface area (Å²) in [6, 6.07) is 3.85. The largest absolute Gasteiger partial charge is 0.459 e. The molecule has 0 bridgehead atoms. The number of anilines is 1. The molecule has 1 aromatic rings. The number of rotatable bonds is 2. The van der Waals surface area contributed by atoms with Crippen molar-refractivity contribution in [1.29, 1.82) is 0 Å². The highest BCUT2D eigenvalue weighted by atomic mass is 19.1. The monoisotopic (exact) mass is 239 g/mol. The molecular formula is C12H14FNO3. The van der Waals surface area contributed by atoms with Crippen LogP contribution in [-0.2, 0) is 9.47 Å². The number of carbonyl (C=O) groups excluding carboxylic acids is 1. The Morgan fingerprint density at radius 1 is 1.41 bits per heavy atom. The summed E-state index contributed by atoms with van der Waals surface area (Å²) >= 11 is 0. The number of nitrogens with two attached hydrogens (primary N) is 1. The molecular weight excluding hydrogens is 225 g/mol. The molecule has 1 aliphatic rings. The van der Waals surface area contributed by atoms with Crippen LogP contribution in [0.1, 0.15) is 23.2 Å². The van der Waals surface area contributed by atoms with E-state index in [0.717, 1.165) is 6.07 Å². The van der Waals surface area contributed by atoms with Gasteiger partial charge in [0.1, 0.15) is 11.9 Å². The molecule has 1 fully saturated rings. The second kappa shape index (κ2) is 5.14. The van der Waals surface area contributed by atoms with Gasteiger partial charge < -0.3 is 15.2 Å². The van der Waals surface area contributed by atoms with Crippen molar-refractivity contribution in [3.63, 3.8) is 0 Å². The molecule has 0 saturated carbocycles. The highest BCUT2D eigenvalue weighted by molar-refractivity contribution is 5.90. The summed E-state index contributed by atoms with van der Waals surface area (Å²) in [5.41, 5.74) is 5.73. The quantitative estimate of drug-likeness (QED) is 0.630. The van der Waals surface area contributed by atoms with Gasteiger partial charge in [0.25, 0.3) is 0 Å². The SMILES string of the molecule is Nc1ccc(F)c(C(=O)OC2CCOCC2)c1. The van der Waals surface area contributed by atoms with Crippen molar-refractivity contribution in [2.45, 2.75) is 18.9 Å². The van der Waals surface area contributed by atoms with Crippen molar-refractivity contribution >= 4 is 11.7 Å². The second-order valence-corrected chi connectivity index (χ2v) is 3.96. The molecule has 0 aliphatic carbocycles. The van der Waals surface area contributed by atoms with Gasteiger partial charge in [-0.25, -0.2) is 9.18 Å². The first kappa shape index (κ1) is 11.9. The Hall–Kier alpha value is -1.62. The molecule has 1 aromatic carbocycles. The van der Waals surface area contributed by atoms with E-state index >= 15 is 0 Å². The van der Waals surface area contributed by atoms with Crippen LogP contribution < -0.4 is 5.73 Å². The van der Waals surface area contributed by atoms with Crippen molar-refractivity contribution in [3.05, 3.63) is 29.6 Å². The third kappa shape index (κ3) is 2.94. The molecule has 0 amide bonds.